The van der Waals surface area contributed by atoms with Gasteiger partial charge in [0.15, 0.2) is 5.57 Å². The Morgan fingerprint density at radius 3 is 2.22 bits per heavy atom. The minimum absolute atomic E-state index is 0.116. The van der Waals surface area contributed by atoms with E-state index in [9.17, 15) is 14.4 Å². The molecule has 0 saturated heterocycles. The number of rotatable bonds is 7. The summed E-state index contributed by atoms with van der Waals surface area (Å²) in [7, 11) is 0. The highest BCUT2D eigenvalue weighted by atomic mass is 16.6. The molecule has 7 heteroatoms. The van der Waals surface area contributed by atoms with Crippen molar-refractivity contribution >= 4 is 17.8 Å². The molecule has 0 aliphatic heterocycles. The van der Waals surface area contributed by atoms with Crippen LogP contribution in [-0.4, -0.2) is 31.1 Å². The highest BCUT2D eigenvalue weighted by Crippen LogP contribution is 2.04. The Kier molecular flexibility index (Phi) is 7.32. The first-order chi connectivity index (χ1) is 11.0. The van der Waals surface area contributed by atoms with Gasteiger partial charge >= 0.3 is 11.9 Å². The number of esters is 2. The highest BCUT2D eigenvalue weighted by molar-refractivity contribution is 6.14. The quantitative estimate of drug-likeness (QED) is 0.258. The molecular weight excluding hydrogens is 300 g/mol. The number of nitrogens with one attached hydrogen (secondary N) is 2. The van der Waals surface area contributed by atoms with E-state index in [2.05, 4.69) is 10.9 Å². The number of carbonyl (C=O) groups excluding carboxylic acids is 3. The highest BCUT2D eigenvalue weighted by Gasteiger charge is 2.21. The molecule has 0 unspecified atom stereocenters. The molecule has 23 heavy (non-hydrogen) atoms. The molecule has 1 aromatic rings. The number of ether oxygens (including phenoxy) is 2. The van der Waals surface area contributed by atoms with Gasteiger partial charge in [0, 0.05) is 11.8 Å². The smallest absolute Gasteiger partial charge is 0.347 e. The van der Waals surface area contributed by atoms with Gasteiger partial charge in [-0.25, -0.2) is 9.59 Å². The van der Waals surface area contributed by atoms with Crippen molar-refractivity contribution in [3.8, 4) is 0 Å². The summed E-state index contributed by atoms with van der Waals surface area (Å²) < 4.78 is 9.54. The first-order valence-corrected chi connectivity index (χ1v) is 7.16. The third kappa shape index (κ3) is 5.82. The van der Waals surface area contributed by atoms with Gasteiger partial charge in [-0.15, -0.1) is 0 Å². The van der Waals surface area contributed by atoms with Crippen LogP contribution >= 0.6 is 0 Å². The third-order valence-electron chi connectivity index (χ3n) is 2.67. The Labute approximate surface area is 134 Å². The average molecular weight is 320 g/mol. The summed E-state index contributed by atoms with van der Waals surface area (Å²) in [5.41, 5.74) is 5.83. The molecule has 2 N–H and O–H groups in total. The maximum Gasteiger partial charge on any atom is 0.347 e. The maximum absolute atomic E-state index is 11.9. The Bertz CT molecular complexity index is 590. The molecule has 0 spiro atoms. The fourth-order valence-corrected chi connectivity index (χ4v) is 1.65. The van der Waals surface area contributed by atoms with Gasteiger partial charge in [-0.1, -0.05) is 17.7 Å². The SMILES string of the molecule is CCOC(=O)C(=CNNC(=O)c1cccc(C)c1)C(=O)OCC. The number of hydrogen-bond acceptors (Lipinski definition) is 6. The van der Waals surface area contributed by atoms with Gasteiger partial charge in [0.25, 0.3) is 5.91 Å². The number of carbonyl (C=O) groups is 3. The van der Waals surface area contributed by atoms with Gasteiger partial charge in [-0.05, 0) is 32.9 Å². The second kappa shape index (κ2) is 9.24. The summed E-state index contributed by atoms with van der Waals surface area (Å²) in [6.07, 6.45) is 1.05. The molecule has 1 aromatic carbocycles. The van der Waals surface area contributed by atoms with Gasteiger partial charge in [-0.2, -0.15) is 0 Å². The lowest BCUT2D eigenvalue weighted by Gasteiger charge is -2.09. The summed E-state index contributed by atoms with van der Waals surface area (Å²) in [5.74, 6) is -2.07. The van der Waals surface area contributed by atoms with Crippen molar-refractivity contribution in [2.75, 3.05) is 13.2 Å². The van der Waals surface area contributed by atoms with E-state index in [1.54, 1.807) is 32.0 Å². The number of hydrazine groups is 1. The van der Waals surface area contributed by atoms with Gasteiger partial charge in [0.05, 0.1) is 13.2 Å². The van der Waals surface area contributed by atoms with Crippen LogP contribution in [0.25, 0.3) is 0 Å². The molecule has 1 amide bonds. The topological polar surface area (TPSA) is 93.7 Å². The van der Waals surface area contributed by atoms with Crippen LogP contribution in [-0.2, 0) is 19.1 Å². The molecule has 0 atom stereocenters. The van der Waals surface area contributed by atoms with E-state index in [1.807, 2.05) is 13.0 Å². The minimum atomic E-state index is -0.830. The summed E-state index contributed by atoms with van der Waals surface area (Å²) >= 11 is 0. The van der Waals surface area contributed by atoms with E-state index in [-0.39, 0.29) is 18.8 Å². The molecule has 1 rings (SSSR count). The van der Waals surface area contributed by atoms with Gasteiger partial charge in [-0.3, -0.25) is 10.2 Å². The fourth-order valence-electron chi connectivity index (χ4n) is 1.65. The maximum atomic E-state index is 11.9. The lowest BCUT2D eigenvalue weighted by Crippen LogP contribution is -2.35. The van der Waals surface area contributed by atoms with Crippen LogP contribution in [0.3, 0.4) is 0 Å². The van der Waals surface area contributed by atoms with E-state index < -0.39 is 17.8 Å². The number of benzene rings is 1. The van der Waals surface area contributed by atoms with Gasteiger partial charge in [0.2, 0.25) is 0 Å². The first kappa shape index (κ1) is 18.2. The zero-order valence-corrected chi connectivity index (χ0v) is 13.3. The van der Waals surface area contributed by atoms with E-state index in [4.69, 9.17) is 9.47 Å². The van der Waals surface area contributed by atoms with E-state index >= 15 is 0 Å². The Morgan fingerprint density at radius 1 is 1.09 bits per heavy atom. The fraction of sp³-hybridized carbons (Fsp3) is 0.312. The predicted molar refractivity (Wildman–Crippen MR) is 83.1 cm³/mol. The molecule has 0 radical (unpaired) electrons. The first-order valence-electron chi connectivity index (χ1n) is 7.16. The van der Waals surface area contributed by atoms with Crippen molar-refractivity contribution in [2.45, 2.75) is 20.8 Å². The summed E-state index contributed by atoms with van der Waals surface area (Å²) in [6.45, 7) is 5.33. The molecule has 0 aliphatic rings. The van der Waals surface area contributed by atoms with E-state index in [0.717, 1.165) is 11.8 Å². The van der Waals surface area contributed by atoms with Crippen LogP contribution < -0.4 is 10.9 Å². The molecular formula is C16H20N2O5. The molecule has 0 heterocycles. The normalized spacial score (nSPS) is 9.52. The Balaban J connectivity index is 2.74. The number of aryl methyl sites for hydroxylation is 1. The van der Waals surface area contributed by atoms with Crippen LogP contribution in [0.2, 0.25) is 0 Å². The molecule has 0 fully saturated rings. The Hall–Kier alpha value is -2.83. The van der Waals surface area contributed by atoms with E-state index in [0.29, 0.717) is 5.56 Å². The average Bonchev–Trinajstić information content (AvgIpc) is 2.51. The largest absolute Gasteiger partial charge is 0.462 e. The van der Waals surface area contributed by atoms with Crippen molar-refractivity contribution in [3.63, 3.8) is 0 Å². The molecule has 0 aromatic heterocycles. The standard InChI is InChI=1S/C16H20N2O5/c1-4-22-15(20)13(16(21)23-5-2)10-17-18-14(19)12-8-6-7-11(3)9-12/h6-10,17H,4-5H2,1-3H3,(H,18,19). The second-order valence-electron chi connectivity index (χ2n) is 4.47. The van der Waals surface area contributed by atoms with Crippen LogP contribution in [0.4, 0.5) is 0 Å². The molecule has 0 saturated carbocycles. The molecule has 0 bridgehead atoms. The molecule has 7 nitrogen and oxygen atoms in total. The zero-order chi connectivity index (χ0) is 17.2. The predicted octanol–water partition coefficient (Wildman–Crippen LogP) is 1.24. The lowest BCUT2D eigenvalue weighted by atomic mass is 10.1. The lowest BCUT2D eigenvalue weighted by molar-refractivity contribution is -0.146. The van der Waals surface area contributed by atoms with Crippen molar-refractivity contribution in [3.05, 3.63) is 47.2 Å². The zero-order valence-electron chi connectivity index (χ0n) is 13.3. The summed E-state index contributed by atoms with van der Waals surface area (Å²) in [6, 6.07) is 6.97. The van der Waals surface area contributed by atoms with Crippen LogP contribution in [0.1, 0.15) is 29.8 Å². The second-order valence-corrected chi connectivity index (χ2v) is 4.47. The summed E-state index contributed by atoms with van der Waals surface area (Å²) in [4.78, 5) is 35.3. The summed E-state index contributed by atoms with van der Waals surface area (Å²) in [5, 5.41) is 0. The number of amides is 1. The van der Waals surface area contributed by atoms with E-state index in [1.165, 1.54) is 0 Å². The molecule has 0 aliphatic carbocycles. The van der Waals surface area contributed by atoms with Crippen molar-refractivity contribution in [1.29, 1.82) is 0 Å². The van der Waals surface area contributed by atoms with Gasteiger partial charge < -0.3 is 14.9 Å². The van der Waals surface area contributed by atoms with Gasteiger partial charge in [0.1, 0.15) is 0 Å². The number of hydrogen-bond donors (Lipinski definition) is 2. The van der Waals surface area contributed by atoms with Crippen LogP contribution in [0.15, 0.2) is 36.0 Å². The van der Waals surface area contributed by atoms with Crippen LogP contribution in [0, 0.1) is 6.92 Å². The Morgan fingerprint density at radius 2 is 1.70 bits per heavy atom. The van der Waals surface area contributed by atoms with Crippen molar-refractivity contribution in [2.24, 2.45) is 0 Å². The van der Waals surface area contributed by atoms with Crippen molar-refractivity contribution in [1.82, 2.24) is 10.9 Å². The van der Waals surface area contributed by atoms with Crippen LogP contribution in [0.5, 0.6) is 0 Å². The van der Waals surface area contributed by atoms with Crippen molar-refractivity contribution < 1.29 is 23.9 Å². The minimum Gasteiger partial charge on any atom is -0.462 e. The third-order valence-corrected chi connectivity index (χ3v) is 2.67. The monoisotopic (exact) mass is 320 g/mol. The molecule has 124 valence electrons.